The Bertz CT molecular complexity index is 611. The molecule has 0 saturated heterocycles. The van der Waals surface area contributed by atoms with Gasteiger partial charge in [0.1, 0.15) is 12.6 Å². The maximum absolute atomic E-state index is 12.5. The Morgan fingerprint density at radius 2 is 1.85 bits per heavy atom. The van der Waals surface area contributed by atoms with Crippen LogP contribution in [0.15, 0.2) is 30.3 Å². The summed E-state index contributed by atoms with van der Waals surface area (Å²) in [5, 5.41) is 14.6. The summed E-state index contributed by atoms with van der Waals surface area (Å²) in [6.07, 6.45) is 0.316. The van der Waals surface area contributed by atoms with Crippen molar-refractivity contribution < 1.29 is 29.0 Å². The third kappa shape index (κ3) is 8.31. The number of amides is 2. The minimum absolute atomic E-state index is 0.0714. The number of hydrogen-bond acceptors (Lipinski definition) is 7. The summed E-state index contributed by atoms with van der Waals surface area (Å²) in [7, 11) is 1.16. The summed E-state index contributed by atoms with van der Waals surface area (Å²) in [4.78, 5) is 36.2. The lowest BCUT2D eigenvalue weighted by atomic mass is 10.1. The molecule has 27 heavy (non-hydrogen) atoms. The number of thioether (sulfide) groups is 1. The van der Waals surface area contributed by atoms with Gasteiger partial charge in [-0.15, -0.1) is 0 Å². The predicted octanol–water partition coefficient (Wildman–Crippen LogP) is 1.07. The van der Waals surface area contributed by atoms with Crippen molar-refractivity contribution in [3.63, 3.8) is 0 Å². The number of benzene rings is 1. The summed E-state index contributed by atoms with van der Waals surface area (Å²) in [6.45, 7) is 1.43. The lowest BCUT2D eigenvalue weighted by Crippen LogP contribution is -2.55. The van der Waals surface area contributed by atoms with E-state index in [0.29, 0.717) is 12.2 Å². The van der Waals surface area contributed by atoms with Gasteiger partial charge in [-0.05, 0) is 30.9 Å². The van der Waals surface area contributed by atoms with Crippen LogP contribution in [0, 0.1) is 0 Å². The molecule has 0 bridgehead atoms. The summed E-state index contributed by atoms with van der Waals surface area (Å²) < 4.78 is 9.71. The molecule has 0 radical (unpaired) electrons. The number of hydrogen-bond donors (Lipinski definition) is 3. The molecular formula is C18H26N2O6S. The quantitative estimate of drug-likeness (QED) is 0.505. The first-order valence-corrected chi connectivity index (χ1v) is 9.80. The lowest BCUT2D eigenvalue weighted by molar-refractivity contribution is -0.148. The van der Waals surface area contributed by atoms with Gasteiger partial charge in [-0.25, -0.2) is 9.59 Å². The van der Waals surface area contributed by atoms with Crippen LogP contribution in [0.25, 0.3) is 0 Å². The fourth-order valence-corrected chi connectivity index (χ4v) is 2.64. The molecule has 3 N–H and O–H groups in total. The first-order valence-electron chi connectivity index (χ1n) is 8.41. The van der Waals surface area contributed by atoms with Crippen molar-refractivity contribution >= 4 is 29.7 Å². The van der Waals surface area contributed by atoms with Gasteiger partial charge in [0.15, 0.2) is 6.04 Å². The third-order valence-electron chi connectivity index (χ3n) is 3.67. The van der Waals surface area contributed by atoms with Crippen molar-refractivity contribution in [2.45, 2.75) is 38.1 Å². The molecule has 2 amide bonds. The molecule has 0 aliphatic carbocycles. The number of carbonyl (C=O) groups is 3. The van der Waals surface area contributed by atoms with E-state index < -0.39 is 36.2 Å². The first-order chi connectivity index (χ1) is 12.9. The minimum Gasteiger partial charge on any atom is -0.467 e. The number of aliphatic hydroxyl groups excluding tert-OH is 1. The molecule has 0 heterocycles. The SMILES string of the molecule is COC(=O)[C@H](NC(=O)[C@H](CCSC)NC(=O)OCc1ccccc1)[C@H](C)O. The second-order valence-corrected chi connectivity index (χ2v) is 6.78. The van der Waals surface area contributed by atoms with Crippen LogP contribution in [0.3, 0.4) is 0 Å². The van der Waals surface area contributed by atoms with Crippen LogP contribution in [0.4, 0.5) is 4.79 Å². The smallest absolute Gasteiger partial charge is 0.408 e. The molecular weight excluding hydrogens is 372 g/mol. The molecule has 3 atom stereocenters. The largest absolute Gasteiger partial charge is 0.467 e. The van der Waals surface area contributed by atoms with Gasteiger partial charge in [0.2, 0.25) is 5.91 Å². The number of esters is 1. The van der Waals surface area contributed by atoms with E-state index in [1.54, 1.807) is 0 Å². The normalized spacial score (nSPS) is 13.8. The Labute approximate surface area is 163 Å². The van der Waals surface area contributed by atoms with E-state index in [1.807, 2.05) is 36.6 Å². The zero-order chi connectivity index (χ0) is 20.2. The number of nitrogens with one attached hydrogen (secondary N) is 2. The second kappa shape index (κ2) is 12.2. The van der Waals surface area contributed by atoms with E-state index in [1.165, 1.54) is 18.7 Å². The number of methoxy groups -OCH3 is 1. The van der Waals surface area contributed by atoms with Gasteiger partial charge in [0.05, 0.1) is 13.2 Å². The fraction of sp³-hybridized carbons (Fsp3) is 0.500. The van der Waals surface area contributed by atoms with Gasteiger partial charge in [-0.1, -0.05) is 30.3 Å². The van der Waals surface area contributed by atoms with Crippen molar-refractivity contribution in [1.82, 2.24) is 10.6 Å². The summed E-state index contributed by atoms with van der Waals surface area (Å²) in [5.41, 5.74) is 0.817. The van der Waals surface area contributed by atoms with Gasteiger partial charge in [-0.3, -0.25) is 4.79 Å². The Morgan fingerprint density at radius 3 is 2.41 bits per heavy atom. The van der Waals surface area contributed by atoms with E-state index >= 15 is 0 Å². The Balaban J connectivity index is 2.68. The molecule has 0 fully saturated rings. The van der Waals surface area contributed by atoms with Crippen LogP contribution in [0.1, 0.15) is 18.9 Å². The molecule has 8 nitrogen and oxygen atoms in total. The van der Waals surface area contributed by atoms with Crippen LogP contribution < -0.4 is 10.6 Å². The summed E-state index contributed by atoms with van der Waals surface area (Å²) in [6, 6.07) is 7.01. The number of alkyl carbamates (subject to hydrolysis) is 1. The molecule has 0 aliphatic heterocycles. The number of ether oxygens (including phenoxy) is 2. The van der Waals surface area contributed by atoms with Gasteiger partial charge in [0, 0.05) is 0 Å². The van der Waals surface area contributed by atoms with Crippen LogP contribution in [0.2, 0.25) is 0 Å². The fourth-order valence-electron chi connectivity index (χ4n) is 2.17. The van der Waals surface area contributed by atoms with E-state index in [4.69, 9.17) is 4.74 Å². The molecule has 0 spiro atoms. The van der Waals surface area contributed by atoms with Gasteiger partial charge in [0.25, 0.3) is 0 Å². The molecule has 1 aromatic carbocycles. The van der Waals surface area contributed by atoms with Crippen LogP contribution >= 0.6 is 11.8 Å². The Kier molecular flexibility index (Phi) is 10.3. The van der Waals surface area contributed by atoms with Gasteiger partial charge < -0.3 is 25.2 Å². The third-order valence-corrected chi connectivity index (χ3v) is 4.31. The summed E-state index contributed by atoms with van der Waals surface area (Å²) in [5.74, 6) is -0.764. The highest BCUT2D eigenvalue weighted by Crippen LogP contribution is 2.05. The lowest BCUT2D eigenvalue weighted by Gasteiger charge is -2.23. The Morgan fingerprint density at radius 1 is 1.19 bits per heavy atom. The van der Waals surface area contributed by atoms with Crippen LogP contribution in [-0.4, -0.2) is 60.4 Å². The van der Waals surface area contributed by atoms with Crippen molar-refractivity contribution in [2.24, 2.45) is 0 Å². The summed E-state index contributed by atoms with van der Waals surface area (Å²) >= 11 is 1.51. The molecule has 1 aromatic rings. The highest BCUT2D eigenvalue weighted by atomic mass is 32.2. The molecule has 9 heteroatoms. The van der Waals surface area contributed by atoms with Gasteiger partial charge in [-0.2, -0.15) is 11.8 Å². The molecule has 150 valence electrons. The Hall–Kier alpha value is -2.26. The minimum atomic E-state index is -1.22. The van der Waals surface area contributed by atoms with Crippen molar-refractivity contribution in [3.05, 3.63) is 35.9 Å². The highest BCUT2D eigenvalue weighted by molar-refractivity contribution is 7.98. The first kappa shape index (κ1) is 22.8. The molecule has 0 saturated carbocycles. The van der Waals surface area contributed by atoms with Crippen molar-refractivity contribution in [2.75, 3.05) is 19.1 Å². The van der Waals surface area contributed by atoms with E-state index in [-0.39, 0.29) is 6.61 Å². The average Bonchev–Trinajstić information content (AvgIpc) is 2.67. The van der Waals surface area contributed by atoms with E-state index in [0.717, 1.165) is 12.7 Å². The monoisotopic (exact) mass is 398 g/mol. The molecule has 0 aromatic heterocycles. The zero-order valence-electron chi connectivity index (χ0n) is 15.6. The maximum Gasteiger partial charge on any atom is 0.408 e. The molecule has 0 unspecified atom stereocenters. The standard InChI is InChI=1S/C18H26N2O6S/c1-12(21)15(17(23)25-2)20-16(22)14(9-10-27-3)19-18(24)26-11-13-7-5-4-6-8-13/h4-8,12,14-15,21H,9-11H2,1-3H3,(H,19,24)(H,20,22)/t12-,14-,15+/m0/s1. The van der Waals surface area contributed by atoms with E-state index in [2.05, 4.69) is 15.4 Å². The topological polar surface area (TPSA) is 114 Å². The predicted molar refractivity (Wildman–Crippen MR) is 102 cm³/mol. The molecule has 1 rings (SSSR count). The number of aliphatic hydroxyl groups is 1. The molecule has 0 aliphatic rings. The highest BCUT2D eigenvalue weighted by Gasteiger charge is 2.30. The zero-order valence-corrected chi connectivity index (χ0v) is 16.5. The number of carbonyl (C=O) groups excluding carboxylic acids is 3. The van der Waals surface area contributed by atoms with Crippen molar-refractivity contribution in [1.29, 1.82) is 0 Å². The van der Waals surface area contributed by atoms with E-state index in [9.17, 15) is 19.5 Å². The van der Waals surface area contributed by atoms with Crippen LogP contribution in [-0.2, 0) is 25.7 Å². The van der Waals surface area contributed by atoms with Gasteiger partial charge >= 0.3 is 12.1 Å². The van der Waals surface area contributed by atoms with Crippen molar-refractivity contribution in [3.8, 4) is 0 Å². The van der Waals surface area contributed by atoms with Crippen LogP contribution in [0.5, 0.6) is 0 Å². The maximum atomic E-state index is 12.5. The second-order valence-electron chi connectivity index (χ2n) is 5.79. The number of rotatable bonds is 10. The average molecular weight is 398 g/mol.